The van der Waals surface area contributed by atoms with Crippen LogP contribution in [-0.4, -0.2) is 25.1 Å². The molecular formula is C19H19N5O. The Balaban J connectivity index is 1.53. The largest absolute Gasteiger partial charge is 0.345 e. The lowest BCUT2D eigenvalue weighted by molar-refractivity contribution is -0.122. The second-order valence-electron chi connectivity index (χ2n) is 6.23. The lowest BCUT2D eigenvalue weighted by Crippen LogP contribution is -2.31. The number of amides is 1. The fourth-order valence-corrected chi connectivity index (χ4v) is 3.22. The van der Waals surface area contributed by atoms with E-state index in [9.17, 15) is 4.79 Å². The number of fused-ring (bicyclic) bond motifs is 2. The minimum Gasteiger partial charge on any atom is -0.345 e. The van der Waals surface area contributed by atoms with E-state index in [1.165, 1.54) is 10.9 Å². The van der Waals surface area contributed by atoms with Gasteiger partial charge in [-0.1, -0.05) is 24.3 Å². The first-order valence-corrected chi connectivity index (χ1v) is 8.27. The Hall–Kier alpha value is -3.15. The molecule has 0 aliphatic heterocycles. The van der Waals surface area contributed by atoms with Crippen LogP contribution in [0.1, 0.15) is 24.4 Å². The Morgan fingerprint density at radius 2 is 1.96 bits per heavy atom. The van der Waals surface area contributed by atoms with Gasteiger partial charge in [-0.15, -0.1) is 10.2 Å². The van der Waals surface area contributed by atoms with Crippen molar-refractivity contribution in [2.24, 2.45) is 0 Å². The molecule has 3 heterocycles. The summed E-state index contributed by atoms with van der Waals surface area (Å²) in [5.41, 5.74) is 3.00. The number of carbonyl (C=O) groups is 1. The maximum atomic E-state index is 12.5. The third-order valence-corrected chi connectivity index (χ3v) is 4.41. The molecule has 1 amide bonds. The van der Waals surface area contributed by atoms with Crippen molar-refractivity contribution >= 4 is 22.5 Å². The molecular weight excluding hydrogens is 314 g/mol. The van der Waals surface area contributed by atoms with E-state index >= 15 is 0 Å². The molecule has 0 saturated carbocycles. The minimum absolute atomic E-state index is 0.0547. The van der Waals surface area contributed by atoms with E-state index < -0.39 is 0 Å². The fraction of sp³-hybridized carbons (Fsp3) is 0.211. The molecule has 4 aromatic rings. The molecule has 6 heteroatoms. The highest BCUT2D eigenvalue weighted by Gasteiger charge is 2.16. The molecule has 3 aromatic heterocycles. The van der Waals surface area contributed by atoms with Crippen LogP contribution in [0.5, 0.6) is 0 Å². The molecule has 0 unspecified atom stereocenters. The first kappa shape index (κ1) is 15.4. The monoisotopic (exact) mass is 333 g/mol. The summed E-state index contributed by atoms with van der Waals surface area (Å²) in [5.74, 6) is 0.665. The van der Waals surface area contributed by atoms with Gasteiger partial charge in [-0.3, -0.25) is 9.20 Å². The summed E-state index contributed by atoms with van der Waals surface area (Å²) in [7, 11) is 0. The van der Waals surface area contributed by atoms with Crippen LogP contribution in [0, 0.1) is 6.92 Å². The zero-order chi connectivity index (χ0) is 17.4. The highest BCUT2D eigenvalue weighted by molar-refractivity contribution is 5.86. The van der Waals surface area contributed by atoms with E-state index in [0.29, 0.717) is 0 Å². The van der Waals surface area contributed by atoms with Crippen LogP contribution < -0.4 is 5.32 Å². The van der Waals surface area contributed by atoms with Crippen LogP contribution in [0.15, 0.2) is 54.9 Å². The Labute approximate surface area is 145 Å². The van der Waals surface area contributed by atoms with Crippen molar-refractivity contribution in [3.63, 3.8) is 0 Å². The Morgan fingerprint density at radius 1 is 1.16 bits per heavy atom. The second-order valence-corrected chi connectivity index (χ2v) is 6.23. The molecule has 0 fully saturated rings. The number of nitrogens with one attached hydrogen (secondary N) is 1. The molecule has 126 valence electrons. The van der Waals surface area contributed by atoms with E-state index in [1.807, 2.05) is 64.7 Å². The lowest BCUT2D eigenvalue weighted by atomic mass is 10.2. The van der Waals surface area contributed by atoms with Crippen LogP contribution >= 0.6 is 0 Å². The van der Waals surface area contributed by atoms with Gasteiger partial charge in [0.15, 0.2) is 11.5 Å². The summed E-state index contributed by atoms with van der Waals surface area (Å²) < 4.78 is 3.87. The number of carbonyl (C=O) groups excluding carboxylic acids is 1. The third kappa shape index (κ3) is 2.76. The van der Waals surface area contributed by atoms with E-state index in [-0.39, 0.29) is 18.5 Å². The summed E-state index contributed by atoms with van der Waals surface area (Å²) in [6.45, 7) is 4.25. The molecule has 0 spiro atoms. The Morgan fingerprint density at radius 3 is 2.84 bits per heavy atom. The highest BCUT2D eigenvalue weighted by atomic mass is 16.2. The summed E-state index contributed by atoms with van der Waals surface area (Å²) in [4.78, 5) is 12.5. The first-order chi connectivity index (χ1) is 12.1. The molecule has 0 saturated heterocycles. The molecule has 0 bridgehead atoms. The normalized spacial score (nSPS) is 12.6. The number of hydrogen-bond donors (Lipinski definition) is 1. The molecule has 25 heavy (non-hydrogen) atoms. The third-order valence-electron chi connectivity index (χ3n) is 4.41. The van der Waals surface area contributed by atoms with E-state index in [0.717, 1.165) is 17.0 Å². The first-order valence-electron chi connectivity index (χ1n) is 8.27. The SMILES string of the molecule is Cc1cn(CC(=O)N[C@@H](C)c2nnc3ccccn23)c2ccccc12. The average molecular weight is 333 g/mol. The van der Waals surface area contributed by atoms with Gasteiger partial charge >= 0.3 is 0 Å². The number of aromatic nitrogens is 4. The smallest absolute Gasteiger partial charge is 0.240 e. The van der Waals surface area contributed by atoms with Gasteiger partial charge in [0, 0.05) is 23.3 Å². The zero-order valence-corrected chi connectivity index (χ0v) is 14.2. The Bertz CT molecular complexity index is 1060. The quantitative estimate of drug-likeness (QED) is 0.624. The van der Waals surface area contributed by atoms with Gasteiger partial charge in [0.05, 0.1) is 6.04 Å². The minimum atomic E-state index is -0.229. The zero-order valence-electron chi connectivity index (χ0n) is 14.2. The van der Waals surface area contributed by atoms with Gasteiger partial charge in [0.25, 0.3) is 0 Å². The van der Waals surface area contributed by atoms with E-state index in [2.05, 4.69) is 28.5 Å². The molecule has 0 aliphatic carbocycles. The van der Waals surface area contributed by atoms with Crippen molar-refractivity contribution in [2.75, 3.05) is 0 Å². The molecule has 0 radical (unpaired) electrons. The van der Waals surface area contributed by atoms with Gasteiger partial charge < -0.3 is 9.88 Å². The molecule has 1 N–H and O–H groups in total. The molecule has 4 rings (SSSR count). The van der Waals surface area contributed by atoms with Crippen LogP contribution in [0.4, 0.5) is 0 Å². The van der Waals surface area contributed by atoms with Crippen LogP contribution in [0.3, 0.4) is 0 Å². The topological polar surface area (TPSA) is 64.2 Å². The lowest BCUT2D eigenvalue weighted by Gasteiger charge is -2.13. The summed E-state index contributed by atoms with van der Waals surface area (Å²) in [6.07, 6.45) is 3.91. The van der Waals surface area contributed by atoms with Crippen molar-refractivity contribution in [3.05, 3.63) is 66.2 Å². The van der Waals surface area contributed by atoms with Crippen LogP contribution in [-0.2, 0) is 11.3 Å². The Kier molecular flexibility index (Phi) is 3.72. The van der Waals surface area contributed by atoms with Crippen LogP contribution in [0.2, 0.25) is 0 Å². The number of nitrogens with zero attached hydrogens (tertiary/aromatic N) is 4. The maximum Gasteiger partial charge on any atom is 0.240 e. The van der Waals surface area contributed by atoms with Gasteiger partial charge in [0.1, 0.15) is 6.54 Å². The molecule has 1 atom stereocenters. The van der Waals surface area contributed by atoms with Crippen molar-refractivity contribution in [1.29, 1.82) is 0 Å². The maximum absolute atomic E-state index is 12.5. The van der Waals surface area contributed by atoms with Gasteiger partial charge in [-0.05, 0) is 37.6 Å². The van der Waals surface area contributed by atoms with Gasteiger partial charge in [0.2, 0.25) is 5.91 Å². The second kappa shape index (κ2) is 6.05. The summed E-state index contributed by atoms with van der Waals surface area (Å²) in [6, 6.07) is 13.6. The number of aryl methyl sites for hydroxylation is 1. The number of pyridine rings is 1. The standard InChI is InChI=1S/C19H19N5O/c1-13-11-23(16-8-4-3-7-15(13)16)12-18(25)20-14(2)19-22-21-17-9-5-6-10-24(17)19/h3-11,14H,12H2,1-2H3,(H,20,25)/t14-/m0/s1. The highest BCUT2D eigenvalue weighted by Crippen LogP contribution is 2.20. The summed E-state index contributed by atoms with van der Waals surface area (Å²) in [5, 5.41) is 12.5. The molecule has 0 aliphatic rings. The van der Waals surface area contributed by atoms with Crippen LogP contribution in [0.25, 0.3) is 16.6 Å². The number of benzene rings is 1. The summed E-state index contributed by atoms with van der Waals surface area (Å²) >= 11 is 0. The van der Waals surface area contributed by atoms with Crippen molar-refractivity contribution in [1.82, 2.24) is 24.5 Å². The number of hydrogen-bond acceptors (Lipinski definition) is 3. The molecule has 6 nitrogen and oxygen atoms in total. The van der Waals surface area contributed by atoms with E-state index in [4.69, 9.17) is 0 Å². The van der Waals surface area contributed by atoms with Gasteiger partial charge in [-0.2, -0.15) is 0 Å². The number of para-hydroxylation sites is 1. The van der Waals surface area contributed by atoms with Crippen molar-refractivity contribution in [2.45, 2.75) is 26.4 Å². The molecule has 1 aromatic carbocycles. The van der Waals surface area contributed by atoms with E-state index in [1.54, 1.807) is 0 Å². The predicted octanol–water partition coefficient (Wildman–Crippen LogP) is 2.87. The number of rotatable bonds is 4. The van der Waals surface area contributed by atoms with Crippen molar-refractivity contribution < 1.29 is 4.79 Å². The van der Waals surface area contributed by atoms with Crippen molar-refractivity contribution in [3.8, 4) is 0 Å². The van der Waals surface area contributed by atoms with Gasteiger partial charge in [-0.25, -0.2) is 0 Å². The average Bonchev–Trinajstić information content (AvgIpc) is 3.17. The predicted molar refractivity (Wildman–Crippen MR) is 96.2 cm³/mol. The fourth-order valence-electron chi connectivity index (χ4n) is 3.22.